The van der Waals surface area contributed by atoms with Crippen LogP contribution in [0.2, 0.25) is 0 Å². The second-order valence-corrected chi connectivity index (χ2v) is 6.59. The zero-order chi connectivity index (χ0) is 16.1. The fourth-order valence-corrected chi connectivity index (χ4v) is 3.26. The molecule has 4 nitrogen and oxygen atoms in total. The third-order valence-corrected chi connectivity index (χ3v) is 4.35. The van der Waals surface area contributed by atoms with Crippen LogP contribution in [0.25, 0.3) is 0 Å². The number of aryl methyl sites for hydroxylation is 1. The Morgan fingerprint density at radius 3 is 2.82 bits per heavy atom. The second-order valence-electron chi connectivity index (χ2n) is 6.59. The molecule has 1 fully saturated rings. The number of ether oxygens (including phenoxy) is 1. The fourth-order valence-electron chi connectivity index (χ4n) is 3.26. The van der Waals surface area contributed by atoms with Crippen LogP contribution >= 0.6 is 0 Å². The van der Waals surface area contributed by atoms with Gasteiger partial charge in [0.25, 0.3) is 0 Å². The summed E-state index contributed by atoms with van der Waals surface area (Å²) in [4.78, 5) is 16.2. The van der Waals surface area contributed by atoms with Gasteiger partial charge in [-0.25, -0.2) is 0 Å². The SMILES string of the molecule is CO[C@H]1CCN(C(=O)CN(C)C)C[C@H]1Cc1cccc(C)c1. The Morgan fingerprint density at radius 1 is 1.41 bits per heavy atom. The number of nitrogens with zero attached hydrogens (tertiary/aromatic N) is 2. The van der Waals surface area contributed by atoms with Gasteiger partial charge in [0.2, 0.25) is 5.91 Å². The first-order valence-electron chi connectivity index (χ1n) is 8.00. The summed E-state index contributed by atoms with van der Waals surface area (Å²) in [5.74, 6) is 0.584. The topological polar surface area (TPSA) is 32.8 Å². The summed E-state index contributed by atoms with van der Waals surface area (Å²) in [5, 5.41) is 0. The lowest BCUT2D eigenvalue weighted by atomic mass is 9.88. The molecule has 4 heteroatoms. The summed E-state index contributed by atoms with van der Waals surface area (Å²) < 4.78 is 5.67. The highest BCUT2D eigenvalue weighted by molar-refractivity contribution is 5.78. The van der Waals surface area contributed by atoms with Gasteiger partial charge in [-0.05, 0) is 39.4 Å². The smallest absolute Gasteiger partial charge is 0.236 e. The number of amides is 1. The normalized spacial score (nSPS) is 22.1. The number of hydrogen-bond acceptors (Lipinski definition) is 3. The van der Waals surface area contributed by atoms with Gasteiger partial charge in [-0.3, -0.25) is 4.79 Å². The van der Waals surface area contributed by atoms with Crippen molar-refractivity contribution in [2.75, 3.05) is 40.8 Å². The van der Waals surface area contributed by atoms with E-state index >= 15 is 0 Å². The minimum Gasteiger partial charge on any atom is -0.381 e. The van der Waals surface area contributed by atoms with Crippen molar-refractivity contribution in [2.45, 2.75) is 25.9 Å². The van der Waals surface area contributed by atoms with Crippen molar-refractivity contribution in [3.63, 3.8) is 0 Å². The Morgan fingerprint density at radius 2 is 2.18 bits per heavy atom. The first-order chi connectivity index (χ1) is 10.5. The third-order valence-electron chi connectivity index (χ3n) is 4.35. The number of benzene rings is 1. The quantitative estimate of drug-likeness (QED) is 0.834. The maximum absolute atomic E-state index is 12.3. The highest BCUT2D eigenvalue weighted by Gasteiger charge is 2.31. The van der Waals surface area contributed by atoms with E-state index in [1.54, 1.807) is 7.11 Å². The molecule has 0 radical (unpaired) electrons. The number of carbonyl (C=O) groups excluding carboxylic acids is 1. The van der Waals surface area contributed by atoms with Crippen LogP contribution in [0.15, 0.2) is 24.3 Å². The highest BCUT2D eigenvalue weighted by atomic mass is 16.5. The molecule has 2 rings (SSSR count). The molecule has 0 aromatic heterocycles. The number of rotatable bonds is 5. The molecule has 1 heterocycles. The summed E-state index contributed by atoms with van der Waals surface area (Å²) >= 11 is 0. The van der Waals surface area contributed by atoms with E-state index < -0.39 is 0 Å². The van der Waals surface area contributed by atoms with E-state index in [1.165, 1.54) is 11.1 Å². The minimum atomic E-state index is 0.216. The van der Waals surface area contributed by atoms with Crippen molar-refractivity contribution >= 4 is 5.91 Å². The Hall–Kier alpha value is -1.39. The van der Waals surface area contributed by atoms with Crippen LogP contribution in [0.1, 0.15) is 17.5 Å². The van der Waals surface area contributed by atoms with Crippen LogP contribution in [0.5, 0.6) is 0 Å². The van der Waals surface area contributed by atoms with Gasteiger partial charge >= 0.3 is 0 Å². The average Bonchev–Trinajstić information content (AvgIpc) is 2.46. The van der Waals surface area contributed by atoms with Crippen LogP contribution in [-0.4, -0.2) is 62.7 Å². The first-order valence-corrected chi connectivity index (χ1v) is 8.00. The number of piperidine rings is 1. The van der Waals surface area contributed by atoms with Gasteiger partial charge in [0.15, 0.2) is 0 Å². The molecule has 1 aliphatic heterocycles. The predicted octanol–water partition coefficient (Wildman–Crippen LogP) is 1.96. The molecular weight excluding hydrogens is 276 g/mol. The molecule has 1 amide bonds. The molecule has 0 unspecified atom stereocenters. The van der Waals surface area contributed by atoms with E-state index in [1.807, 2.05) is 23.9 Å². The van der Waals surface area contributed by atoms with Gasteiger partial charge in [-0.2, -0.15) is 0 Å². The van der Waals surface area contributed by atoms with Gasteiger partial charge < -0.3 is 14.5 Å². The Labute approximate surface area is 134 Å². The Bertz CT molecular complexity index is 502. The van der Waals surface area contributed by atoms with Crippen LogP contribution in [0, 0.1) is 12.8 Å². The van der Waals surface area contributed by atoms with Gasteiger partial charge in [0.1, 0.15) is 0 Å². The van der Waals surface area contributed by atoms with Crippen molar-refractivity contribution in [3.05, 3.63) is 35.4 Å². The minimum absolute atomic E-state index is 0.216. The third kappa shape index (κ3) is 4.55. The van der Waals surface area contributed by atoms with Crippen molar-refractivity contribution < 1.29 is 9.53 Å². The predicted molar refractivity (Wildman–Crippen MR) is 88.9 cm³/mol. The van der Waals surface area contributed by atoms with E-state index in [2.05, 4.69) is 31.2 Å². The van der Waals surface area contributed by atoms with Gasteiger partial charge in [-0.15, -0.1) is 0 Å². The Balaban J connectivity index is 2.04. The average molecular weight is 304 g/mol. The summed E-state index contributed by atoms with van der Waals surface area (Å²) in [5.41, 5.74) is 2.61. The number of hydrogen-bond donors (Lipinski definition) is 0. The first kappa shape index (κ1) is 17.0. The summed E-state index contributed by atoms with van der Waals surface area (Å²) in [6.45, 7) is 4.19. The molecule has 0 spiro atoms. The molecule has 1 aromatic rings. The lowest BCUT2D eigenvalue weighted by molar-refractivity contribution is -0.136. The number of likely N-dealkylation sites (tertiary alicyclic amines) is 1. The van der Waals surface area contributed by atoms with Gasteiger partial charge in [0, 0.05) is 26.1 Å². The number of carbonyl (C=O) groups is 1. The lowest BCUT2D eigenvalue weighted by Crippen LogP contribution is -2.49. The largest absolute Gasteiger partial charge is 0.381 e. The van der Waals surface area contributed by atoms with Gasteiger partial charge in [0.05, 0.1) is 12.6 Å². The Kier molecular flexibility index (Phi) is 5.98. The number of methoxy groups -OCH3 is 1. The lowest BCUT2D eigenvalue weighted by Gasteiger charge is -2.38. The molecule has 1 saturated heterocycles. The van der Waals surface area contributed by atoms with E-state index in [-0.39, 0.29) is 12.0 Å². The van der Waals surface area contributed by atoms with Crippen LogP contribution in [0.3, 0.4) is 0 Å². The van der Waals surface area contributed by atoms with Crippen LogP contribution in [0.4, 0.5) is 0 Å². The fraction of sp³-hybridized carbons (Fsp3) is 0.611. The standard InChI is InChI=1S/C18H28N2O2/c1-14-6-5-7-15(10-14)11-16-12-20(9-8-17(16)22-4)18(21)13-19(2)3/h5-7,10,16-17H,8-9,11-13H2,1-4H3/t16-,17+/m1/s1. The van der Waals surface area contributed by atoms with Crippen molar-refractivity contribution in [1.82, 2.24) is 9.80 Å². The van der Waals surface area contributed by atoms with E-state index in [9.17, 15) is 4.79 Å². The van der Waals surface area contributed by atoms with E-state index in [0.717, 1.165) is 25.9 Å². The monoisotopic (exact) mass is 304 g/mol. The summed E-state index contributed by atoms with van der Waals surface area (Å²) in [6, 6.07) is 8.61. The molecule has 0 aliphatic carbocycles. The second kappa shape index (κ2) is 7.75. The van der Waals surface area contributed by atoms with E-state index in [0.29, 0.717) is 12.5 Å². The van der Waals surface area contributed by atoms with Crippen molar-refractivity contribution in [3.8, 4) is 0 Å². The van der Waals surface area contributed by atoms with E-state index in [4.69, 9.17) is 4.74 Å². The molecule has 0 saturated carbocycles. The molecule has 122 valence electrons. The molecule has 22 heavy (non-hydrogen) atoms. The molecular formula is C18H28N2O2. The van der Waals surface area contributed by atoms with Crippen molar-refractivity contribution in [1.29, 1.82) is 0 Å². The zero-order valence-electron chi connectivity index (χ0n) is 14.2. The maximum Gasteiger partial charge on any atom is 0.236 e. The molecule has 0 N–H and O–H groups in total. The molecule has 0 bridgehead atoms. The van der Waals surface area contributed by atoms with Crippen molar-refractivity contribution in [2.24, 2.45) is 5.92 Å². The van der Waals surface area contributed by atoms with Gasteiger partial charge in [-0.1, -0.05) is 29.8 Å². The molecule has 2 atom stereocenters. The summed E-state index contributed by atoms with van der Waals surface area (Å²) in [6.07, 6.45) is 2.13. The number of likely N-dealkylation sites (N-methyl/N-ethyl adjacent to an activating group) is 1. The molecule has 1 aromatic carbocycles. The van der Waals surface area contributed by atoms with Crippen LogP contribution < -0.4 is 0 Å². The molecule has 1 aliphatic rings. The highest BCUT2D eigenvalue weighted by Crippen LogP contribution is 2.24. The van der Waals surface area contributed by atoms with Crippen LogP contribution in [-0.2, 0) is 16.0 Å². The maximum atomic E-state index is 12.3. The zero-order valence-corrected chi connectivity index (χ0v) is 14.2. The summed E-state index contributed by atoms with van der Waals surface area (Å²) in [7, 11) is 5.65.